The average Bonchev–Trinajstić information content (AvgIpc) is 2.77. The van der Waals surface area contributed by atoms with Crippen LogP contribution in [0, 0.1) is 15.9 Å². The Morgan fingerprint density at radius 3 is 2.17 bits per heavy atom. The van der Waals surface area contributed by atoms with Gasteiger partial charge in [0.25, 0.3) is 17.5 Å². The summed E-state index contributed by atoms with van der Waals surface area (Å²) in [5.74, 6) is -1.11. The molecule has 152 valence electrons. The molecule has 0 spiro atoms. The lowest BCUT2D eigenvalue weighted by molar-refractivity contribution is -0.384. The fraction of sp³-hybridized carbons (Fsp3) is 0.0476. The number of hydrogen-bond acceptors (Lipinski definition) is 5. The quantitative estimate of drug-likeness (QED) is 0.479. The molecule has 0 radical (unpaired) electrons. The number of non-ortho nitro benzene ring substituents is 1. The van der Waals surface area contributed by atoms with Crippen molar-refractivity contribution in [2.75, 3.05) is 0 Å². The number of nitro benzene ring substituents is 1. The SMILES string of the molecule is O=C(NNC(=O)c1cccc(OCc2ccc(F)cc2)c1)c1ccc([N+](=O)[O-])cc1. The first kappa shape index (κ1) is 20.5. The summed E-state index contributed by atoms with van der Waals surface area (Å²) in [6, 6.07) is 17.1. The Labute approximate surface area is 170 Å². The minimum absolute atomic E-state index is 0.145. The Bertz CT molecular complexity index is 1070. The highest BCUT2D eigenvalue weighted by Gasteiger charge is 2.12. The van der Waals surface area contributed by atoms with Gasteiger partial charge in [0, 0.05) is 23.3 Å². The number of halogens is 1. The van der Waals surface area contributed by atoms with Gasteiger partial charge in [-0.25, -0.2) is 4.39 Å². The summed E-state index contributed by atoms with van der Waals surface area (Å²) in [6.45, 7) is 0.197. The van der Waals surface area contributed by atoms with Crippen molar-refractivity contribution in [2.45, 2.75) is 6.61 Å². The first-order chi connectivity index (χ1) is 14.4. The normalized spacial score (nSPS) is 10.2. The lowest BCUT2D eigenvalue weighted by Crippen LogP contribution is -2.41. The Balaban J connectivity index is 1.56. The van der Waals surface area contributed by atoms with E-state index >= 15 is 0 Å². The van der Waals surface area contributed by atoms with Gasteiger partial charge in [-0.05, 0) is 48.0 Å². The number of hydrazine groups is 1. The van der Waals surface area contributed by atoms with Crippen molar-refractivity contribution in [3.05, 3.63) is 105 Å². The third-order valence-electron chi connectivity index (χ3n) is 4.04. The Morgan fingerprint density at radius 2 is 1.53 bits per heavy atom. The zero-order valence-corrected chi connectivity index (χ0v) is 15.5. The van der Waals surface area contributed by atoms with Crippen LogP contribution in [-0.2, 0) is 6.61 Å². The molecule has 0 unspecified atom stereocenters. The van der Waals surface area contributed by atoms with Crippen molar-refractivity contribution in [1.82, 2.24) is 10.9 Å². The number of ether oxygens (including phenoxy) is 1. The molecule has 3 rings (SSSR count). The summed E-state index contributed by atoms with van der Waals surface area (Å²) < 4.78 is 18.5. The van der Waals surface area contributed by atoms with Crippen LogP contribution in [0.5, 0.6) is 5.75 Å². The molecule has 0 aromatic heterocycles. The second kappa shape index (κ2) is 9.28. The lowest BCUT2D eigenvalue weighted by atomic mass is 10.2. The van der Waals surface area contributed by atoms with Gasteiger partial charge in [-0.1, -0.05) is 18.2 Å². The maximum Gasteiger partial charge on any atom is 0.269 e. The minimum atomic E-state index is -0.623. The van der Waals surface area contributed by atoms with Gasteiger partial charge in [0.15, 0.2) is 0 Å². The van der Waals surface area contributed by atoms with Gasteiger partial charge in [-0.2, -0.15) is 0 Å². The van der Waals surface area contributed by atoms with E-state index in [0.29, 0.717) is 5.75 Å². The molecule has 2 amide bonds. The van der Waals surface area contributed by atoms with E-state index in [1.807, 2.05) is 0 Å². The molecule has 9 heteroatoms. The Morgan fingerprint density at radius 1 is 0.900 bits per heavy atom. The molecule has 8 nitrogen and oxygen atoms in total. The van der Waals surface area contributed by atoms with Crippen LogP contribution in [-0.4, -0.2) is 16.7 Å². The zero-order chi connectivity index (χ0) is 21.5. The molecule has 30 heavy (non-hydrogen) atoms. The van der Waals surface area contributed by atoms with Crippen molar-refractivity contribution >= 4 is 17.5 Å². The molecule has 0 atom stereocenters. The van der Waals surface area contributed by atoms with Crippen molar-refractivity contribution in [1.29, 1.82) is 0 Å². The molecule has 0 heterocycles. The molecule has 0 bridgehead atoms. The number of amides is 2. The smallest absolute Gasteiger partial charge is 0.269 e. The monoisotopic (exact) mass is 409 g/mol. The van der Waals surface area contributed by atoms with Gasteiger partial charge >= 0.3 is 0 Å². The molecular weight excluding hydrogens is 393 g/mol. The molecule has 0 aliphatic rings. The molecule has 0 saturated heterocycles. The van der Waals surface area contributed by atoms with Gasteiger partial charge in [-0.15, -0.1) is 0 Å². The summed E-state index contributed by atoms with van der Waals surface area (Å²) in [7, 11) is 0. The van der Waals surface area contributed by atoms with E-state index in [1.54, 1.807) is 24.3 Å². The predicted octanol–water partition coefficient (Wildman–Crippen LogP) is 3.39. The third kappa shape index (κ3) is 5.38. The summed E-state index contributed by atoms with van der Waals surface area (Å²) in [5.41, 5.74) is 5.53. The van der Waals surface area contributed by atoms with E-state index in [0.717, 1.165) is 5.56 Å². The summed E-state index contributed by atoms with van der Waals surface area (Å²) in [5, 5.41) is 10.6. The first-order valence-electron chi connectivity index (χ1n) is 8.75. The number of rotatable bonds is 6. The lowest BCUT2D eigenvalue weighted by Gasteiger charge is -2.10. The highest BCUT2D eigenvalue weighted by molar-refractivity contribution is 5.99. The maximum atomic E-state index is 12.9. The molecule has 0 aliphatic carbocycles. The van der Waals surface area contributed by atoms with E-state index < -0.39 is 16.7 Å². The van der Waals surface area contributed by atoms with Crippen molar-refractivity contribution < 1.29 is 23.6 Å². The largest absolute Gasteiger partial charge is 0.489 e. The number of hydrogen-bond donors (Lipinski definition) is 2. The van der Waals surface area contributed by atoms with Gasteiger partial charge in [0.1, 0.15) is 18.2 Å². The van der Waals surface area contributed by atoms with Crippen molar-refractivity contribution in [3.8, 4) is 5.75 Å². The number of carbonyl (C=O) groups is 2. The predicted molar refractivity (Wildman–Crippen MR) is 105 cm³/mol. The number of carbonyl (C=O) groups excluding carboxylic acids is 2. The van der Waals surface area contributed by atoms with E-state index in [2.05, 4.69) is 10.9 Å². The van der Waals surface area contributed by atoms with E-state index in [-0.39, 0.29) is 29.2 Å². The van der Waals surface area contributed by atoms with Gasteiger partial charge in [-0.3, -0.25) is 30.6 Å². The molecule has 2 N–H and O–H groups in total. The summed E-state index contributed by atoms with van der Waals surface area (Å²) in [4.78, 5) is 34.4. The standard InChI is InChI=1S/C21H16FN3O5/c22-17-8-4-14(5-9-17)13-30-19-3-1-2-16(12-19)21(27)24-23-20(26)15-6-10-18(11-7-15)25(28)29/h1-12H,13H2,(H,23,26)(H,24,27). The molecule has 0 fully saturated rings. The highest BCUT2D eigenvalue weighted by Crippen LogP contribution is 2.16. The van der Waals surface area contributed by atoms with Crippen molar-refractivity contribution in [3.63, 3.8) is 0 Å². The third-order valence-corrected chi connectivity index (χ3v) is 4.04. The van der Waals surface area contributed by atoms with Crippen LogP contribution in [0.15, 0.2) is 72.8 Å². The van der Waals surface area contributed by atoms with E-state index in [1.165, 1.54) is 48.5 Å². The number of nitrogens with zero attached hydrogens (tertiary/aromatic N) is 1. The van der Waals surface area contributed by atoms with Crippen LogP contribution >= 0.6 is 0 Å². The summed E-state index contributed by atoms with van der Waals surface area (Å²) in [6.07, 6.45) is 0. The minimum Gasteiger partial charge on any atom is -0.489 e. The molecule has 3 aromatic carbocycles. The fourth-order valence-electron chi connectivity index (χ4n) is 2.47. The first-order valence-corrected chi connectivity index (χ1v) is 8.75. The van der Waals surface area contributed by atoms with Crippen LogP contribution in [0.4, 0.5) is 10.1 Å². The van der Waals surface area contributed by atoms with Crippen LogP contribution in [0.3, 0.4) is 0 Å². The highest BCUT2D eigenvalue weighted by atomic mass is 19.1. The van der Waals surface area contributed by atoms with E-state index in [9.17, 15) is 24.1 Å². The van der Waals surface area contributed by atoms with Crippen LogP contribution in [0.2, 0.25) is 0 Å². The van der Waals surface area contributed by atoms with E-state index in [4.69, 9.17) is 4.74 Å². The number of benzene rings is 3. The van der Waals surface area contributed by atoms with Gasteiger partial charge in [0.05, 0.1) is 4.92 Å². The van der Waals surface area contributed by atoms with Crippen LogP contribution in [0.1, 0.15) is 26.3 Å². The van der Waals surface area contributed by atoms with Crippen molar-refractivity contribution in [2.24, 2.45) is 0 Å². The molecule has 0 saturated carbocycles. The second-order valence-corrected chi connectivity index (χ2v) is 6.16. The Kier molecular flexibility index (Phi) is 6.33. The van der Waals surface area contributed by atoms with Crippen LogP contribution in [0.25, 0.3) is 0 Å². The molecular formula is C21H16FN3O5. The maximum absolute atomic E-state index is 12.9. The average molecular weight is 409 g/mol. The Hall–Kier alpha value is -4.27. The summed E-state index contributed by atoms with van der Waals surface area (Å²) >= 11 is 0. The van der Waals surface area contributed by atoms with Gasteiger partial charge < -0.3 is 4.74 Å². The second-order valence-electron chi connectivity index (χ2n) is 6.16. The van der Waals surface area contributed by atoms with Gasteiger partial charge in [0.2, 0.25) is 0 Å². The number of nitro groups is 1. The molecule has 3 aromatic rings. The number of nitrogens with one attached hydrogen (secondary N) is 2. The zero-order valence-electron chi connectivity index (χ0n) is 15.5. The topological polar surface area (TPSA) is 111 Å². The van der Waals surface area contributed by atoms with Crippen LogP contribution < -0.4 is 15.6 Å². The molecule has 0 aliphatic heterocycles. The fourth-order valence-corrected chi connectivity index (χ4v) is 2.47.